The molecule has 3 aliphatic rings. The van der Waals surface area contributed by atoms with Crippen LogP contribution in [0.25, 0.3) is 11.2 Å². The number of aryl methyl sites for hydroxylation is 2. The Labute approximate surface area is 196 Å². The molecule has 0 aromatic carbocycles. The third-order valence-corrected chi connectivity index (χ3v) is 6.99. The van der Waals surface area contributed by atoms with Crippen LogP contribution >= 0.6 is 0 Å². The monoisotopic (exact) mass is 474 g/mol. The van der Waals surface area contributed by atoms with Crippen molar-refractivity contribution in [1.82, 2.24) is 29.7 Å². The SMILES string of the molecule is Cc1nc2cnc(C3CCOC(c4cnn(C5CC5)c4)C3)nc2nc1C.FC(F)(F)C1CCC1. The molecular weight excluding hydrogens is 445 g/mol. The summed E-state index contributed by atoms with van der Waals surface area (Å²) >= 11 is 0. The van der Waals surface area contributed by atoms with Crippen LogP contribution in [-0.4, -0.2) is 42.5 Å². The van der Waals surface area contributed by atoms with E-state index >= 15 is 0 Å². The summed E-state index contributed by atoms with van der Waals surface area (Å²) < 4.78 is 42.6. The van der Waals surface area contributed by atoms with E-state index in [0.717, 1.165) is 47.6 Å². The number of alkyl halides is 3. The molecule has 4 heterocycles. The number of fused-ring (bicyclic) bond motifs is 1. The Morgan fingerprint density at radius 3 is 2.38 bits per heavy atom. The van der Waals surface area contributed by atoms with Gasteiger partial charge >= 0.3 is 6.18 Å². The molecule has 1 saturated heterocycles. The summed E-state index contributed by atoms with van der Waals surface area (Å²) in [6, 6.07) is 0.595. The van der Waals surface area contributed by atoms with Crippen molar-refractivity contribution >= 4 is 11.2 Å². The zero-order chi connectivity index (χ0) is 23.9. The van der Waals surface area contributed by atoms with Crippen molar-refractivity contribution in [2.45, 2.75) is 83.0 Å². The summed E-state index contributed by atoms with van der Waals surface area (Å²) in [7, 11) is 0. The second-order valence-electron chi connectivity index (χ2n) is 9.57. The normalized spacial score (nSPS) is 23.3. The van der Waals surface area contributed by atoms with Crippen LogP contribution in [0.15, 0.2) is 18.6 Å². The molecule has 2 unspecified atom stereocenters. The van der Waals surface area contributed by atoms with Gasteiger partial charge in [0.05, 0.1) is 41.8 Å². The van der Waals surface area contributed by atoms with Crippen LogP contribution in [0, 0.1) is 19.8 Å². The lowest BCUT2D eigenvalue weighted by atomic mass is 9.85. The molecule has 3 fully saturated rings. The smallest absolute Gasteiger partial charge is 0.373 e. The highest BCUT2D eigenvalue weighted by Gasteiger charge is 2.42. The van der Waals surface area contributed by atoms with Crippen LogP contribution in [0.2, 0.25) is 0 Å². The first-order valence-electron chi connectivity index (χ1n) is 12.0. The third kappa shape index (κ3) is 5.06. The number of aromatic nitrogens is 6. The fraction of sp³-hybridized carbons (Fsp3) is 0.625. The molecule has 0 amide bonds. The molecule has 3 aromatic heterocycles. The molecule has 7 nitrogen and oxygen atoms in total. The van der Waals surface area contributed by atoms with Gasteiger partial charge in [0.2, 0.25) is 0 Å². The summed E-state index contributed by atoms with van der Waals surface area (Å²) in [5.74, 6) is 0.145. The van der Waals surface area contributed by atoms with Gasteiger partial charge in [-0.1, -0.05) is 6.42 Å². The van der Waals surface area contributed by atoms with Crippen molar-refractivity contribution in [3.8, 4) is 0 Å². The van der Waals surface area contributed by atoms with E-state index in [4.69, 9.17) is 9.72 Å². The number of halogens is 3. The van der Waals surface area contributed by atoms with Gasteiger partial charge in [0.25, 0.3) is 0 Å². The van der Waals surface area contributed by atoms with Gasteiger partial charge in [-0.2, -0.15) is 18.3 Å². The van der Waals surface area contributed by atoms with Gasteiger partial charge in [0.15, 0.2) is 5.65 Å². The van der Waals surface area contributed by atoms with Gasteiger partial charge in [-0.05, 0) is 52.4 Å². The van der Waals surface area contributed by atoms with E-state index in [-0.39, 0.29) is 12.0 Å². The fourth-order valence-electron chi connectivity index (χ4n) is 4.30. The highest BCUT2D eigenvalue weighted by molar-refractivity contribution is 5.68. The first-order chi connectivity index (χ1) is 16.3. The molecule has 1 aliphatic heterocycles. The maximum absolute atomic E-state index is 11.5. The van der Waals surface area contributed by atoms with Crippen LogP contribution in [0.4, 0.5) is 13.2 Å². The minimum absolute atomic E-state index is 0.0615. The molecule has 0 spiro atoms. The summed E-state index contributed by atoms with van der Waals surface area (Å²) in [4.78, 5) is 18.4. The van der Waals surface area contributed by atoms with E-state index in [1.807, 2.05) is 20.0 Å². The van der Waals surface area contributed by atoms with Crippen LogP contribution in [0.5, 0.6) is 0 Å². The van der Waals surface area contributed by atoms with Crippen molar-refractivity contribution in [2.24, 2.45) is 5.92 Å². The maximum atomic E-state index is 11.5. The van der Waals surface area contributed by atoms with Crippen molar-refractivity contribution < 1.29 is 17.9 Å². The lowest BCUT2D eigenvalue weighted by Gasteiger charge is -2.28. The maximum Gasteiger partial charge on any atom is 0.391 e. The molecule has 2 atom stereocenters. The van der Waals surface area contributed by atoms with Crippen molar-refractivity contribution in [2.75, 3.05) is 6.61 Å². The molecular formula is C24H29F3N6O. The van der Waals surface area contributed by atoms with Gasteiger partial charge in [0.1, 0.15) is 11.3 Å². The van der Waals surface area contributed by atoms with E-state index < -0.39 is 12.1 Å². The standard InChI is InChI=1S/C19H22N6O.C5H7F3/c1-11-12(2)23-19-16(22-11)9-20-18(24-19)13-5-6-26-17(7-13)14-8-21-25(10-14)15-3-4-15;6-5(7,8)4-2-1-3-4/h8-10,13,15,17H,3-7H2,1-2H3;4H,1-3H2. The molecule has 10 heteroatoms. The van der Waals surface area contributed by atoms with Gasteiger partial charge in [0, 0.05) is 24.3 Å². The van der Waals surface area contributed by atoms with Crippen LogP contribution in [0.1, 0.15) is 85.8 Å². The van der Waals surface area contributed by atoms with Crippen molar-refractivity contribution in [1.29, 1.82) is 0 Å². The van der Waals surface area contributed by atoms with Crippen molar-refractivity contribution in [3.05, 3.63) is 41.4 Å². The topological polar surface area (TPSA) is 78.6 Å². The fourth-order valence-corrected chi connectivity index (χ4v) is 4.30. The Kier molecular flexibility index (Phi) is 6.26. The second kappa shape index (κ2) is 9.20. The average molecular weight is 475 g/mol. The predicted octanol–water partition coefficient (Wildman–Crippen LogP) is 5.55. The minimum Gasteiger partial charge on any atom is -0.373 e. The lowest BCUT2D eigenvalue weighted by molar-refractivity contribution is -0.193. The Morgan fingerprint density at radius 1 is 0.971 bits per heavy atom. The molecule has 0 bridgehead atoms. The average Bonchev–Trinajstić information content (AvgIpc) is 3.49. The second-order valence-corrected chi connectivity index (χ2v) is 9.57. The zero-order valence-electron chi connectivity index (χ0n) is 19.4. The molecule has 0 N–H and O–H groups in total. The first kappa shape index (κ1) is 23.1. The molecule has 3 aromatic rings. The highest BCUT2D eigenvalue weighted by Crippen LogP contribution is 2.40. The molecule has 182 valence electrons. The van der Waals surface area contributed by atoms with E-state index in [1.54, 1.807) is 6.20 Å². The Bertz CT molecular complexity index is 1160. The largest absolute Gasteiger partial charge is 0.391 e. The number of hydrogen-bond donors (Lipinski definition) is 0. The molecule has 0 radical (unpaired) electrons. The molecule has 34 heavy (non-hydrogen) atoms. The summed E-state index contributed by atoms with van der Waals surface area (Å²) in [6.45, 7) is 4.63. The van der Waals surface area contributed by atoms with Crippen LogP contribution in [0.3, 0.4) is 0 Å². The summed E-state index contributed by atoms with van der Waals surface area (Å²) in [6.07, 6.45) is 7.78. The number of ether oxygens (including phenoxy) is 1. The van der Waals surface area contributed by atoms with Crippen LogP contribution in [-0.2, 0) is 4.74 Å². The van der Waals surface area contributed by atoms with Gasteiger partial charge in [-0.3, -0.25) is 4.68 Å². The molecule has 2 aliphatic carbocycles. The van der Waals surface area contributed by atoms with E-state index in [0.29, 0.717) is 31.1 Å². The third-order valence-electron chi connectivity index (χ3n) is 6.99. The predicted molar refractivity (Wildman–Crippen MR) is 119 cm³/mol. The quantitative estimate of drug-likeness (QED) is 0.495. The molecule has 6 rings (SSSR count). The molecule has 2 saturated carbocycles. The Morgan fingerprint density at radius 2 is 1.74 bits per heavy atom. The van der Waals surface area contributed by atoms with E-state index in [9.17, 15) is 13.2 Å². The summed E-state index contributed by atoms with van der Waals surface area (Å²) in [5, 5.41) is 4.50. The minimum atomic E-state index is -3.90. The van der Waals surface area contributed by atoms with Gasteiger partial charge in [-0.15, -0.1) is 0 Å². The first-order valence-corrected chi connectivity index (χ1v) is 12.0. The summed E-state index contributed by atoms with van der Waals surface area (Å²) in [5.41, 5.74) is 4.44. The number of nitrogens with zero attached hydrogens (tertiary/aromatic N) is 6. The van der Waals surface area contributed by atoms with Crippen molar-refractivity contribution in [3.63, 3.8) is 0 Å². The Balaban J connectivity index is 0.000000257. The van der Waals surface area contributed by atoms with Gasteiger partial charge in [-0.25, -0.2) is 19.9 Å². The lowest BCUT2D eigenvalue weighted by Crippen LogP contribution is -2.28. The van der Waals surface area contributed by atoms with E-state index in [1.165, 1.54) is 12.8 Å². The number of hydrogen-bond acceptors (Lipinski definition) is 6. The zero-order valence-corrected chi connectivity index (χ0v) is 19.4. The van der Waals surface area contributed by atoms with Gasteiger partial charge < -0.3 is 4.74 Å². The van der Waals surface area contributed by atoms with Crippen LogP contribution < -0.4 is 0 Å². The van der Waals surface area contributed by atoms with E-state index in [2.05, 4.69) is 30.9 Å². The number of rotatable bonds is 3. The highest BCUT2D eigenvalue weighted by atomic mass is 19.4. The Hall–Kier alpha value is -2.62.